The number of hydrogen-bond donors (Lipinski definition) is 3. The van der Waals surface area contributed by atoms with E-state index < -0.39 is 6.04 Å². The molecule has 0 saturated carbocycles. The lowest BCUT2D eigenvalue weighted by atomic mass is 9.86. The molecule has 3 N–H and O–H groups in total. The van der Waals surface area contributed by atoms with Crippen LogP contribution in [0.1, 0.15) is 54.9 Å². The Morgan fingerprint density at radius 2 is 1.81 bits per heavy atom. The number of anilines is 1. The second kappa shape index (κ2) is 10.4. The van der Waals surface area contributed by atoms with Gasteiger partial charge >= 0.3 is 0 Å². The number of amides is 3. The van der Waals surface area contributed by atoms with E-state index in [0.717, 1.165) is 6.42 Å². The Labute approximate surface area is 187 Å². The lowest BCUT2D eigenvalue weighted by Crippen LogP contribution is -2.42. The minimum absolute atomic E-state index is 0.137. The third kappa shape index (κ3) is 6.07. The summed E-state index contributed by atoms with van der Waals surface area (Å²) >= 11 is 5.98. The fraction of sp³-hybridized carbons (Fsp3) is 0.375. The van der Waals surface area contributed by atoms with Crippen molar-refractivity contribution in [2.24, 2.45) is 5.92 Å². The monoisotopic (exact) mass is 441 g/mol. The van der Waals surface area contributed by atoms with Crippen molar-refractivity contribution >= 4 is 35.0 Å². The minimum atomic E-state index is -0.747. The molecule has 0 bridgehead atoms. The lowest BCUT2D eigenvalue weighted by Gasteiger charge is -2.22. The maximum absolute atomic E-state index is 12.4. The summed E-state index contributed by atoms with van der Waals surface area (Å²) in [7, 11) is 0. The first-order valence-electron chi connectivity index (χ1n) is 10.6. The maximum atomic E-state index is 12.4. The molecule has 0 radical (unpaired) electrons. The fourth-order valence-corrected chi connectivity index (χ4v) is 3.97. The smallest absolute Gasteiger partial charge is 0.254 e. The Bertz CT molecular complexity index is 943. The molecule has 0 aliphatic carbocycles. The molecule has 3 rings (SSSR count). The highest BCUT2D eigenvalue weighted by Crippen LogP contribution is 2.28. The first-order valence-corrected chi connectivity index (χ1v) is 11.0. The van der Waals surface area contributed by atoms with Crippen molar-refractivity contribution in [2.75, 3.05) is 11.9 Å². The Morgan fingerprint density at radius 3 is 2.52 bits per heavy atom. The van der Waals surface area contributed by atoms with Gasteiger partial charge in [0, 0.05) is 18.0 Å². The summed E-state index contributed by atoms with van der Waals surface area (Å²) in [4.78, 5) is 37.1. The van der Waals surface area contributed by atoms with Crippen molar-refractivity contribution in [1.82, 2.24) is 10.6 Å². The molecule has 2 aromatic carbocycles. The lowest BCUT2D eigenvalue weighted by molar-refractivity contribution is -0.121. The molecule has 0 unspecified atom stereocenters. The SMILES string of the molecule is CC(C)[C@@H](CCNC(=O)CC[C@H]1NC(=O)c2ccccc2NC1=O)c1ccc(Cl)cc1. The topological polar surface area (TPSA) is 87.3 Å². The number of carbonyl (C=O) groups excluding carboxylic acids is 3. The molecule has 0 aromatic heterocycles. The Morgan fingerprint density at radius 1 is 1.10 bits per heavy atom. The van der Waals surface area contributed by atoms with E-state index in [9.17, 15) is 14.4 Å². The first-order chi connectivity index (χ1) is 14.8. The summed E-state index contributed by atoms with van der Waals surface area (Å²) in [5.41, 5.74) is 2.11. The van der Waals surface area contributed by atoms with Gasteiger partial charge in [-0.05, 0) is 54.5 Å². The number of rotatable bonds is 8. The number of nitrogens with one attached hydrogen (secondary N) is 3. The van der Waals surface area contributed by atoms with Gasteiger partial charge in [0.25, 0.3) is 5.91 Å². The molecule has 2 aromatic rings. The summed E-state index contributed by atoms with van der Waals surface area (Å²) < 4.78 is 0. The number of halogens is 1. The van der Waals surface area contributed by atoms with Gasteiger partial charge in [-0.1, -0.05) is 49.7 Å². The average Bonchev–Trinajstić information content (AvgIpc) is 2.86. The summed E-state index contributed by atoms with van der Waals surface area (Å²) in [5.74, 6) is -0.0363. The van der Waals surface area contributed by atoms with E-state index in [1.54, 1.807) is 24.3 Å². The summed E-state index contributed by atoms with van der Waals surface area (Å²) in [6.07, 6.45) is 1.20. The standard InChI is InChI=1S/C24H28ClN3O3/c1-15(2)18(16-7-9-17(25)10-8-16)13-14-26-22(29)12-11-21-24(31)27-20-6-4-3-5-19(20)23(30)28-21/h3-10,15,18,21H,11-14H2,1-2H3,(H,26,29)(H,27,31)(H,28,30)/t18-,21-/m1/s1. The number of para-hydroxylation sites is 1. The Hall–Kier alpha value is -2.86. The Kier molecular flexibility index (Phi) is 7.69. The molecular formula is C24H28ClN3O3. The van der Waals surface area contributed by atoms with Crippen LogP contribution >= 0.6 is 11.6 Å². The van der Waals surface area contributed by atoms with Crippen LogP contribution < -0.4 is 16.0 Å². The van der Waals surface area contributed by atoms with Gasteiger partial charge in [-0.25, -0.2) is 0 Å². The van der Waals surface area contributed by atoms with Crippen LogP contribution in [0.15, 0.2) is 48.5 Å². The largest absolute Gasteiger partial charge is 0.356 e. The maximum Gasteiger partial charge on any atom is 0.254 e. The summed E-state index contributed by atoms with van der Waals surface area (Å²) in [6, 6.07) is 13.9. The second-order valence-corrected chi connectivity index (χ2v) is 8.58. The van der Waals surface area contributed by atoms with Crippen molar-refractivity contribution in [2.45, 2.75) is 45.1 Å². The van der Waals surface area contributed by atoms with E-state index in [-0.39, 0.29) is 30.6 Å². The van der Waals surface area contributed by atoms with E-state index >= 15 is 0 Å². The second-order valence-electron chi connectivity index (χ2n) is 8.14. The number of hydrogen-bond acceptors (Lipinski definition) is 3. The zero-order chi connectivity index (χ0) is 22.4. The van der Waals surface area contributed by atoms with Gasteiger partial charge in [0.15, 0.2) is 0 Å². The zero-order valence-corrected chi connectivity index (χ0v) is 18.5. The molecule has 0 saturated heterocycles. The van der Waals surface area contributed by atoms with Gasteiger partial charge in [-0.3, -0.25) is 14.4 Å². The van der Waals surface area contributed by atoms with Crippen molar-refractivity contribution in [3.05, 3.63) is 64.7 Å². The normalized spacial score (nSPS) is 16.7. The highest BCUT2D eigenvalue weighted by atomic mass is 35.5. The van der Waals surface area contributed by atoms with Crippen LogP contribution in [0, 0.1) is 5.92 Å². The number of benzene rings is 2. The van der Waals surface area contributed by atoms with Crippen LogP contribution in [0.25, 0.3) is 0 Å². The Balaban J connectivity index is 1.48. The highest BCUT2D eigenvalue weighted by Gasteiger charge is 2.27. The van der Waals surface area contributed by atoms with Gasteiger partial charge in [0.2, 0.25) is 11.8 Å². The molecule has 164 valence electrons. The molecule has 0 fully saturated rings. The molecular weight excluding hydrogens is 414 g/mol. The van der Waals surface area contributed by atoms with E-state index in [2.05, 4.69) is 29.8 Å². The van der Waals surface area contributed by atoms with Crippen LogP contribution in [0.2, 0.25) is 5.02 Å². The third-order valence-corrected chi connectivity index (χ3v) is 5.84. The average molecular weight is 442 g/mol. The van der Waals surface area contributed by atoms with Crippen molar-refractivity contribution < 1.29 is 14.4 Å². The van der Waals surface area contributed by atoms with Crippen LogP contribution in [0.4, 0.5) is 5.69 Å². The fourth-order valence-electron chi connectivity index (χ4n) is 3.84. The van der Waals surface area contributed by atoms with Crippen LogP contribution in [-0.4, -0.2) is 30.3 Å². The van der Waals surface area contributed by atoms with E-state index in [1.165, 1.54) is 5.56 Å². The van der Waals surface area contributed by atoms with Gasteiger partial charge in [0.05, 0.1) is 11.3 Å². The van der Waals surface area contributed by atoms with Gasteiger partial charge in [-0.15, -0.1) is 0 Å². The molecule has 2 atom stereocenters. The van der Waals surface area contributed by atoms with Crippen LogP contribution in [0.3, 0.4) is 0 Å². The van der Waals surface area contributed by atoms with E-state index in [0.29, 0.717) is 34.7 Å². The summed E-state index contributed by atoms with van der Waals surface area (Å²) in [6.45, 7) is 4.86. The van der Waals surface area contributed by atoms with Crippen LogP contribution in [0.5, 0.6) is 0 Å². The molecule has 1 aliphatic heterocycles. The summed E-state index contributed by atoms with van der Waals surface area (Å²) in [5, 5.41) is 9.11. The predicted molar refractivity (Wildman–Crippen MR) is 122 cm³/mol. The molecule has 7 heteroatoms. The first kappa shape index (κ1) is 22.8. The molecule has 1 aliphatic rings. The predicted octanol–water partition coefficient (Wildman–Crippen LogP) is 4.12. The molecule has 0 spiro atoms. The number of fused-ring (bicyclic) bond motifs is 1. The third-order valence-electron chi connectivity index (χ3n) is 5.59. The van der Waals surface area contributed by atoms with Gasteiger partial charge < -0.3 is 16.0 Å². The molecule has 3 amide bonds. The quantitative estimate of drug-likeness (QED) is 0.575. The van der Waals surface area contributed by atoms with Crippen molar-refractivity contribution in [1.29, 1.82) is 0 Å². The number of carbonyl (C=O) groups is 3. The van der Waals surface area contributed by atoms with E-state index in [4.69, 9.17) is 11.6 Å². The minimum Gasteiger partial charge on any atom is -0.356 e. The van der Waals surface area contributed by atoms with Crippen molar-refractivity contribution in [3.63, 3.8) is 0 Å². The highest BCUT2D eigenvalue weighted by molar-refractivity contribution is 6.30. The van der Waals surface area contributed by atoms with Gasteiger partial charge in [0.1, 0.15) is 6.04 Å². The zero-order valence-electron chi connectivity index (χ0n) is 17.8. The van der Waals surface area contributed by atoms with Gasteiger partial charge in [-0.2, -0.15) is 0 Å². The molecule has 6 nitrogen and oxygen atoms in total. The molecule has 1 heterocycles. The van der Waals surface area contributed by atoms with E-state index in [1.807, 2.05) is 24.3 Å². The van der Waals surface area contributed by atoms with Crippen LogP contribution in [-0.2, 0) is 9.59 Å². The molecule has 31 heavy (non-hydrogen) atoms. The van der Waals surface area contributed by atoms with Crippen molar-refractivity contribution in [3.8, 4) is 0 Å².